The van der Waals surface area contributed by atoms with E-state index in [2.05, 4.69) is 36.1 Å². The molecule has 0 N–H and O–H groups in total. The Bertz CT molecular complexity index is 716. The lowest BCUT2D eigenvalue weighted by atomic mass is 10.2. The fraction of sp³-hybridized carbons (Fsp3) is 0.294. The molecule has 0 saturated heterocycles. The molecule has 114 valence electrons. The van der Waals surface area contributed by atoms with Crippen LogP contribution in [-0.4, -0.2) is 30.2 Å². The summed E-state index contributed by atoms with van der Waals surface area (Å²) in [5.41, 5.74) is 5.58. The summed E-state index contributed by atoms with van der Waals surface area (Å²) in [4.78, 5) is 15.7. The van der Waals surface area contributed by atoms with Crippen LogP contribution in [-0.2, 0) is 4.74 Å². The smallest absolute Gasteiger partial charge is 0.358 e. The van der Waals surface area contributed by atoms with Gasteiger partial charge in [0.2, 0.25) is 0 Å². The normalized spacial score (nSPS) is 10.7. The second kappa shape index (κ2) is 6.63. The summed E-state index contributed by atoms with van der Waals surface area (Å²) < 4.78 is 6.72. The van der Waals surface area contributed by atoms with Crippen LogP contribution in [0.5, 0.6) is 0 Å². The van der Waals surface area contributed by atoms with Crippen LogP contribution in [0.2, 0.25) is 19.6 Å². The minimum Gasteiger partial charge on any atom is -0.461 e. The molecule has 0 radical (unpaired) electrons. The maximum Gasteiger partial charge on any atom is 0.358 e. The standard InChI is InChI=1S/C17H20N2O2Si/c1-5-21-17(20)16-12-19(13-18-16)15-8-6-14(7-9-15)10-11-22(2,3)4/h6-9,12-13H,5H2,1-4H3. The minimum atomic E-state index is -1.36. The molecule has 5 heteroatoms. The van der Waals surface area contributed by atoms with Crippen molar-refractivity contribution in [3.8, 4) is 17.2 Å². The summed E-state index contributed by atoms with van der Waals surface area (Å²) in [7, 11) is -1.36. The summed E-state index contributed by atoms with van der Waals surface area (Å²) in [6.45, 7) is 8.77. The third-order valence-electron chi connectivity index (χ3n) is 2.81. The minimum absolute atomic E-state index is 0.310. The van der Waals surface area contributed by atoms with Crippen LogP contribution in [0.15, 0.2) is 36.8 Å². The topological polar surface area (TPSA) is 44.1 Å². The molecule has 0 amide bonds. The van der Waals surface area contributed by atoms with Crippen molar-refractivity contribution < 1.29 is 9.53 Å². The number of hydrogen-bond acceptors (Lipinski definition) is 3. The Labute approximate surface area is 132 Å². The lowest BCUT2D eigenvalue weighted by Crippen LogP contribution is -2.16. The van der Waals surface area contributed by atoms with Crippen molar-refractivity contribution >= 4 is 14.0 Å². The number of esters is 1. The number of imidazole rings is 1. The van der Waals surface area contributed by atoms with Gasteiger partial charge in [-0.2, -0.15) is 0 Å². The average molecular weight is 312 g/mol. The monoisotopic (exact) mass is 312 g/mol. The van der Waals surface area contributed by atoms with Crippen molar-refractivity contribution in [2.75, 3.05) is 6.61 Å². The van der Waals surface area contributed by atoms with Gasteiger partial charge in [-0.25, -0.2) is 9.78 Å². The molecule has 1 aromatic carbocycles. The molecule has 0 saturated carbocycles. The van der Waals surface area contributed by atoms with E-state index >= 15 is 0 Å². The van der Waals surface area contributed by atoms with Gasteiger partial charge in [0.25, 0.3) is 0 Å². The molecule has 0 aliphatic rings. The highest BCUT2D eigenvalue weighted by Crippen LogP contribution is 2.11. The fourth-order valence-electron chi connectivity index (χ4n) is 1.75. The second-order valence-corrected chi connectivity index (χ2v) is 10.7. The number of rotatable bonds is 3. The summed E-state index contributed by atoms with van der Waals surface area (Å²) in [5, 5.41) is 0. The molecule has 0 unspecified atom stereocenters. The number of benzene rings is 1. The molecule has 0 spiro atoms. The van der Waals surface area contributed by atoms with E-state index < -0.39 is 14.0 Å². The van der Waals surface area contributed by atoms with Crippen LogP contribution in [0.1, 0.15) is 23.0 Å². The summed E-state index contributed by atoms with van der Waals surface area (Å²) in [6.07, 6.45) is 3.27. The Morgan fingerprint density at radius 2 is 1.95 bits per heavy atom. The van der Waals surface area contributed by atoms with Gasteiger partial charge in [-0.1, -0.05) is 25.6 Å². The average Bonchev–Trinajstić information content (AvgIpc) is 2.95. The maximum absolute atomic E-state index is 11.6. The molecule has 0 fully saturated rings. The number of carbonyl (C=O) groups excluding carboxylic acids is 1. The van der Waals surface area contributed by atoms with E-state index in [0.717, 1.165) is 11.3 Å². The number of ether oxygens (including phenoxy) is 1. The van der Waals surface area contributed by atoms with Gasteiger partial charge in [0.05, 0.1) is 6.61 Å². The molecule has 0 atom stereocenters. The van der Waals surface area contributed by atoms with Crippen molar-refractivity contribution in [1.29, 1.82) is 0 Å². The second-order valence-electron chi connectivity index (χ2n) is 5.93. The van der Waals surface area contributed by atoms with E-state index in [1.807, 2.05) is 24.3 Å². The highest BCUT2D eigenvalue weighted by molar-refractivity contribution is 6.83. The van der Waals surface area contributed by atoms with Gasteiger partial charge >= 0.3 is 5.97 Å². The van der Waals surface area contributed by atoms with Crippen LogP contribution in [0.25, 0.3) is 5.69 Å². The first kappa shape index (κ1) is 16.1. The number of nitrogens with zero attached hydrogens (tertiary/aromatic N) is 2. The molecule has 22 heavy (non-hydrogen) atoms. The van der Waals surface area contributed by atoms with E-state index in [1.54, 1.807) is 24.0 Å². The molecular weight excluding hydrogens is 292 g/mol. The Balaban J connectivity index is 2.17. The first-order valence-electron chi connectivity index (χ1n) is 7.24. The zero-order valence-corrected chi connectivity index (χ0v) is 14.4. The van der Waals surface area contributed by atoms with Gasteiger partial charge in [0.1, 0.15) is 14.4 Å². The van der Waals surface area contributed by atoms with Crippen molar-refractivity contribution in [3.05, 3.63) is 48.0 Å². The van der Waals surface area contributed by atoms with E-state index in [4.69, 9.17) is 4.74 Å². The van der Waals surface area contributed by atoms with E-state index in [0.29, 0.717) is 12.3 Å². The largest absolute Gasteiger partial charge is 0.461 e. The van der Waals surface area contributed by atoms with Crippen LogP contribution in [0, 0.1) is 11.5 Å². The third kappa shape index (κ3) is 4.33. The SMILES string of the molecule is CCOC(=O)c1cn(-c2ccc(C#C[Si](C)(C)C)cc2)cn1. The lowest BCUT2D eigenvalue weighted by molar-refractivity contribution is 0.0520. The van der Waals surface area contributed by atoms with E-state index in [-0.39, 0.29) is 0 Å². The first-order valence-corrected chi connectivity index (χ1v) is 10.7. The summed E-state index contributed by atoms with van der Waals surface area (Å²) >= 11 is 0. The maximum atomic E-state index is 11.6. The lowest BCUT2D eigenvalue weighted by Gasteiger charge is -2.04. The van der Waals surface area contributed by atoms with Gasteiger partial charge in [0, 0.05) is 17.4 Å². The molecule has 0 aliphatic carbocycles. The van der Waals surface area contributed by atoms with Crippen LogP contribution >= 0.6 is 0 Å². The highest BCUT2D eigenvalue weighted by Gasteiger charge is 2.10. The molecule has 1 aromatic heterocycles. The molecule has 0 bridgehead atoms. The van der Waals surface area contributed by atoms with E-state index in [9.17, 15) is 4.79 Å². The molecule has 2 rings (SSSR count). The van der Waals surface area contributed by atoms with Gasteiger partial charge in [-0.15, -0.1) is 5.54 Å². The van der Waals surface area contributed by atoms with Gasteiger partial charge in [0.15, 0.2) is 5.69 Å². The Kier molecular flexibility index (Phi) is 4.84. The quantitative estimate of drug-likeness (QED) is 0.496. The Morgan fingerprint density at radius 3 is 2.55 bits per heavy atom. The number of aromatic nitrogens is 2. The van der Waals surface area contributed by atoms with Crippen molar-refractivity contribution in [2.45, 2.75) is 26.6 Å². The van der Waals surface area contributed by atoms with Crippen LogP contribution < -0.4 is 0 Å². The zero-order valence-electron chi connectivity index (χ0n) is 13.4. The van der Waals surface area contributed by atoms with Crippen LogP contribution in [0.3, 0.4) is 0 Å². The summed E-state index contributed by atoms with van der Waals surface area (Å²) in [5.74, 6) is 2.81. The zero-order chi connectivity index (χ0) is 16.2. The van der Waals surface area contributed by atoms with Crippen molar-refractivity contribution in [2.24, 2.45) is 0 Å². The Hall–Kier alpha value is -2.32. The highest BCUT2D eigenvalue weighted by atomic mass is 28.3. The fourth-order valence-corrected chi connectivity index (χ4v) is 2.27. The third-order valence-corrected chi connectivity index (χ3v) is 3.69. The molecule has 1 heterocycles. The van der Waals surface area contributed by atoms with Crippen molar-refractivity contribution in [3.63, 3.8) is 0 Å². The van der Waals surface area contributed by atoms with E-state index in [1.165, 1.54) is 0 Å². The molecule has 0 aliphatic heterocycles. The Morgan fingerprint density at radius 1 is 1.27 bits per heavy atom. The first-order chi connectivity index (χ1) is 10.4. The van der Waals surface area contributed by atoms with Crippen LogP contribution in [0.4, 0.5) is 0 Å². The number of hydrogen-bond donors (Lipinski definition) is 0. The predicted molar refractivity (Wildman–Crippen MR) is 89.7 cm³/mol. The predicted octanol–water partition coefficient (Wildman–Crippen LogP) is 3.28. The number of carbonyl (C=O) groups is 1. The van der Waals surface area contributed by atoms with Crippen molar-refractivity contribution in [1.82, 2.24) is 9.55 Å². The van der Waals surface area contributed by atoms with Gasteiger partial charge < -0.3 is 9.30 Å². The van der Waals surface area contributed by atoms with Gasteiger partial charge in [-0.05, 0) is 31.2 Å². The molecular formula is C17H20N2O2Si. The molecule has 4 nitrogen and oxygen atoms in total. The van der Waals surface area contributed by atoms with Gasteiger partial charge in [-0.3, -0.25) is 0 Å². The molecule has 2 aromatic rings. The summed E-state index contributed by atoms with van der Waals surface area (Å²) in [6, 6.07) is 7.88.